The molecule has 0 atom stereocenters. The number of halogens is 2. The number of hydrazone groups is 1. The molecule has 0 aliphatic rings. The highest BCUT2D eigenvalue weighted by Crippen LogP contribution is 2.31. The van der Waals surface area contributed by atoms with E-state index in [1.165, 1.54) is 0 Å². The Kier molecular flexibility index (Phi) is 5.53. The van der Waals surface area contributed by atoms with Crippen molar-refractivity contribution in [3.05, 3.63) is 76.3 Å². The van der Waals surface area contributed by atoms with Crippen molar-refractivity contribution < 1.29 is 9.53 Å². The molecule has 4 nitrogen and oxygen atoms in total. The summed E-state index contributed by atoms with van der Waals surface area (Å²) in [6, 6.07) is 18.8. The van der Waals surface area contributed by atoms with Gasteiger partial charge in [-0.2, -0.15) is 5.10 Å². The smallest absolute Gasteiger partial charge is 0.277 e. The number of nitrogens with zero attached hydrogens (tertiary/aromatic N) is 1. The van der Waals surface area contributed by atoms with Gasteiger partial charge in [0, 0.05) is 5.56 Å². The van der Waals surface area contributed by atoms with Crippen molar-refractivity contribution in [3.8, 4) is 5.75 Å². The second kappa shape index (κ2) is 8.01. The first-order valence-corrected chi connectivity index (χ1v) is 8.27. The number of hydrogen-bond donors (Lipinski definition) is 1. The molecule has 0 saturated heterocycles. The van der Waals surface area contributed by atoms with E-state index >= 15 is 0 Å². The highest BCUT2D eigenvalue weighted by atomic mass is 35.5. The number of hydrogen-bond acceptors (Lipinski definition) is 3. The van der Waals surface area contributed by atoms with Crippen LogP contribution in [0.25, 0.3) is 10.8 Å². The summed E-state index contributed by atoms with van der Waals surface area (Å²) in [5.41, 5.74) is 3.34. The monoisotopic (exact) mass is 372 g/mol. The van der Waals surface area contributed by atoms with Crippen molar-refractivity contribution in [3.63, 3.8) is 0 Å². The van der Waals surface area contributed by atoms with Crippen LogP contribution in [0.4, 0.5) is 0 Å². The van der Waals surface area contributed by atoms with E-state index in [1.807, 2.05) is 42.5 Å². The van der Waals surface area contributed by atoms with Crippen LogP contribution in [0.1, 0.15) is 5.56 Å². The van der Waals surface area contributed by atoms with E-state index in [2.05, 4.69) is 10.5 Å². The van der Waals surface area contributed by atoms with Gasteiger partial charge in [0.1, 0.15) is 10.8 Å². The van der Waals surface area contributed by atoms with Crippen LogP contribution in [0.3, 0.4) is 0 Å². The molecule has 1 amide bonds. The van der Waals surface area contributed by atoms with Crippen molar-refractivity contribution >= 4 is 46.1 Å². The van der Waals surface area contributed by atoms with Crippen LogP contribution >= 0.6 is 23.2 Å². The fourth-order valence-corrected chi connectivity index (χ4v) is 2.65. The van der Waals surface area contributed by atoms with Gasteiger partial charge in [-0.25, -0.2) is 5.43 Å². The second-order valence-corrected chi connectivity index (χ2v) is 5.99. The standard InChI is InChI=1S/C19H14Cl2N2O2/c20-16-9-4-10-17(19(16)21)25-12-18(24)23-22-11-14-7-3-6-13-5-1-2-8-15(13)14/h1-11H,12H2,(H,23,24). The first-order valence-electron chi connectivity index (χ1n) is 7.51. The Morgan fingerprint density at radius 2 is 1.80 bits per heavy atom. The maximum absolute atomic E-state index is 11.8. The first kappa shape index (κ1) is 17.3. The lowest BCUT2D eigenvalue weighted by Gasteiger charge is -2.07. The van der Waals surface area contributed by atoms with Gasteiger partial charge in [0.25, 0.3) is 5.91 Å². The Morgan fingerprint density at radius 3 is 2.68 bits per heavy atom. The molecular formula is C19H14Cl2N2O2. The summed E-state index contributed by atoms with van der Waals surface area (Å²) in [6.45, 7) is -0.215. The normalized spacial score (nSPS) is 11.0. The van der Waals surface area contributed by atoms with E-state index in [1.54, 1.807) is 24.4 Å². The lowest BCUT2D eigenvalue weighted by molar-refractivity contribution is -0.123. The number of nitrogens with one attached hydrogen (secondary N) is 1. The van der Waals surface area contributed by atoms with Crippen LogP contribution in [0.5, 0.6) is 5.75 Å². The van der Waals surface area contributed by atoms with Gasteiger partial charge < -0.3 is 4.74 Å². The summed E-state index contributed by atoms with van der Waals surface area (Å²) in [7, 11) is 0. The Balaban J connectivity index is 1.60. The summed E-state index contributed by atoms with van der Waals surface area (Å²) in [5.74, 6) is -0.0464. The molecule has 0 saturated carbocycles. The number of benzene rings is 3. The average molecular weight is 373 g/mol. The molecule has 3 aromatic carbocycles. The molecule has 25 heavy (non-hydrogen) atoms. The van der Waals surface area contributed by atoms with Gasteiger partial charge in [0.2, 0.25) is 0 Å². The highest BCUT2D eigenvalue weighted by molar-refractivity contribution is 6.42. The predicted molar refractivity (Wildman–Crippen MR) is 102 cm³/mol. The third-order valence-corrected chi connectivity index (χ3v) is 4.29. The van der Waals surface area contributed by atoms with Crippen LogP contribution in [-0.4, -0.2) is 18.7 Å². The minimum Gasteiger partial charge on any atom is -0.482 e. The maximum Gasteiger partial charge on any atom is 0.277 e. The van der Waals surface area contributed by atoms with Crippen molar-refractivity contribution in [2.75, 3.05) is 6.61 Å². The molecule has 0 heterocycles. The lowest BCUT2D eigenvalue weighted by atomic mass is 10.1. The maximum atomic E-state index is 11.8. The van der Waals surface area contributed by atoms with E-state index in [9.17, 15) is 4.79 Å². The molecule has 0 bridgehead atoms. The van der Waals surface area contributed by atoms with E-state index in [-0.39, 0.29) is 11.6 Å². The minimum atomic E-state index is -0.396. The fraction of sp³-hybridized carbons (Fsp3) is 0.0526. The Labute approximate surface area is 155 Å². The molecule has 0 spiro atoms. The van der Waals surface area contributed by atoms with Crippen molar-refractivity contribution in [2.45, 2.75) is 0 Å². The van der Waals surface area contributed by atoms with Gasteiger partial charge in [-0.3, -0.25) is 4.79 Å². The van der Waals surface area contributed by atoms with Crippen molar-refractivity contribution in [1.82, 2.24) is 5.43 Å². The molecule has 3 rings (SSSR count). The zero-order chi connectivity index (χ0) is 17.6. The minimum absolute atomic E-state index is 0.215. The van der Waals surface area contributed by atoms with Crippen molar-refractivity contribution in [2.24, 2.45) is 5.10 Å². The number of amides is 1. The third-order valence-electron chi connectivity index (χ3n) is 3.49. The number of rotatable bonds is 5. The number of fused-ring (bicyclic) bond motifs is 1. The molecule has 0 aliphatic heterocycles. The van der Waals surface area contributed by atoms with Crippen LogP contribution in [0.2, 0.25) is 10.0 Å². The second-order valence-electron chi connectivity index (χ2n) is 5.20. The fourth-order valence-electron chi connectivity index (χ4n) is 2.31. The van der Waals surface area contributed by atoms with E-state index in [0.29, 0.717) is 10.8 Å². The number of ether oxygens (including phenoxy) is 1. The molecule has 1 N–H and O–H groups in total. The van der Waals surface area contributed by atoms with Gasteiger partial charge in [-0.05, 0) is 22.9 Å². The van der Waals surface area contributed by atoms with E-state index in [0.717, 1.165) is 16.3 Å². The Morgan fingerprint density at radius 1 is 1.04 bits per heavy atom. The van der Waals surface area contributed by atoms with E-state index in [4.69, 9.17) is 27.9 Å². The van der Waals surface area contributed by atoms with Crippen LogP contribution in [0, 0.1) is 0 Å². The molecule has 0 fully saturated rings. The quantitative estimate of drug-likeness (QED) is 0.522. The molecule has 6 heteroatoms. The van der Waals surface area contributed by atoms with E-state index < -0.39 is 5.91 Å². The SMILES string of the molecule is O=C(COc1cccc(Cl)c1Cl)NN=Cc1cccc2ccccc12. The Hall–Kier alpha value is -2.56. The lowest BCUT2D eigenvalue weighted by Crippen LogP contribution is -2.24. The molecule has 0 aliphatic carbocycles. The molecule has 0 radical (unpaired) electrons. The number of carbonyl (C=O) groups is 1. The molecule has 3 aromatic rings. The topological polar surface area (TPSA) is 50.7 Å². The largest absolute Gasteiger partial charge is 0.482 e. The van der Waals surface area contributed by atoms with Gasteiger partial charge in [0.05, 0.1) is 11.2 Å². The van der Waals surface area contributed by atoms with Crippen molar-refractivity contribution in [1.29, 1.82) is 0 Å². The zero-order valence-corrected chi connectivity index (χ0v) is 14.6. The average Bonchev–Trinajstić information content (AvgIpc) is 2.63. The van der Waals surface area contributed by atoms with Gasteiger partial charge in [0.15, 0.2) is 6.61 Å². The zero-order valence-electron chi connectivity index (χ0n) is 13.1. The summed E-state index contributed by atoms with van der Waals surface area (Å²) >= 11 is 11.9. The summed E-state index contributed by atoms with van der Waals surface area (Å²) in [4.78, 5) is 11.8. The summed E-state index contributed by atoms with van der Waals surface area (Å²) in [6.07, 6.45) is 1.60. The molecule has 0 unspecified atom stereocenters. The highest BCUT2D eigenvalue weighted by Gasteiger charge is 2.07. The molecule has 126 valence electrons. The van der Waals surface area contributed by atoms with Gasteiger partial charge in [-0.1, -0.05) is 71.7 Å². The van der Waals surface area contributed by atoms with Crippen LogP contribution < -0.4 is 10.2 Å². The van der Waals surface area contributed by atoms with Crippen LogP contribution in [-0.2, 0) is 4.79 Å². The first-order chi connectivity index (χ1) is 12.1. The molecule has 0 aromatic heterocycles. The number of carbonyl (C=O) groups excluding carboxylic acids is 1. The van der Waals surface area contributed by atoms with Crippen LogP contribution in [0.15, 0.2) is 65.8 Å². The van der Waals surface area contributed by atoms with Gasteiger partial charge in [-0.15, -0.1) is 0 Å². The Bertz CT molecular complexity index is 936. The predicted octanol–water partition coefficient (Wildman–Crippen LogP) is 4.68. The third kappa shape index (κ3) is 4.29. The van der Waals surface area contributed by atoms with Gasteiger partial charge >= 0.3 is 0 Å². The molecular weight excluding hydrogens is 359 g/mol. The summed E-state index contributed by atoms with van der Waals surface area (Å²) < 4.78 is 5.35. The summed E-state index contributed by atoms with van der Waals surface area (Å²) in [5, 5.41) is 6.79.